The molecule has 2 bridgehead atoms. The Bertz CT molecular complexity index is 2400. The lowest BCUT2D eigenvalue weighted by Gasteiger charge is -2.42. The summed E-state index contributed by atoms with van der Waals surface area (Å²) in [7, 11) is -0.774. The van der Waals surface area contributed by atoms with E-state index in [1.54, 1.807) is 24.4 Å². The predicted octanol–water partition coefficient (Wildman–Crippen LogP) is 10.3. The Morgan fingerprint density at radius 3 is 2.24 bits per heavy atom. The number of benzene rings is 2. The van der Waals surface area contributed by atoms with Gasteiger partial charge in [0.15, 0.2) is 12.6 Å². The van der Waals surface area contributed by atoms with Crippen LogP contribution in [0, 0.1) is 23.1 Å². The zero-order valence-corrected chi connectivity index (χ0v) is 39.7. The van der Waals surface area contributed by atoms with Crippen molar-refractivity contribution in [1.82, 2.24) is 24.8 Å². The Morgan fingerprint density at radius 2 is 1.62 bits per heavy atom. The fraction of sp³-hybridized carbons (Fsp3) is 0.592. The number of hydrogen-bond acceptors (Lipinski definition) is 10. The number of carbonyl (C=O) groups excluding carboxylic acids is 1. The minimum absolute atomic E-state index is 0.0223. The lowest BCUT2D eigenvalue weighted by molar-refractivity contribution is 0.0122. The number of pyridine rings is 1. The number of amides is 1. The first-order valence-electron chi connectivity index (χ1n) is 22.9. The highest BCUT2D eigenvalue weighted by Gasteiger charge is 2.47. The Labute approximate surface area is 372 Å². The SMILES string of the molecule is COCOc1cc(-c2ncc3c(N4CC5CCC(C4)N5C(=O)OC(C)(C)C)nc(OCC45CCCN4CCC5)nc3c2F)c2c(C#C[Si](C(C)C)(C(C)C)C(C)C)c(F)ccc2c1. The van der Waals surface area contributed by atoms with Gasteiger partial charge in [0.25, 0.3) is 0 Å². The molecule has 0 radical (unpaired) electrons. The predicted molar refractivity (Wildman–Crippen MR) is 246 cm³/mol. The van der Waals surface area contributed by atoms with Gasteiger partial charge in [0.05, 0.1) is 28.6 Å². The van der Waals surface area contributed by atoms with E-state index in [0.29, 0.717) is 69.6 Å². The Balaban J connectivity index is 1.29. The smallest absolute Gasteiger partial charge is 0.410 e. The van der Waals surface area contributed by atoms with Crippen molar-refractivity contribution in [3.63, 3.8) is 0 Å². The van der Waals surface area contributed by atoms with Crippen molar-refractivity contribution >= 4 is 41.7 Å². The van der Waals surface area contributed by atoms with Gasteiger partial charge in [-0.05, 0) is 113 Å². The van der Waals surface area contributed by atoms with E-state index in [9.17, 15) is 4.79 Å². The third-order valence-corrected chi connectivity index (χ3v) is 20.5. The van der Waals surface area contributed by atoms with Crippen LogP contribution in [-0.4, -0.2) is 109 Å². The van der Waals surface area contributed by atoms with Crippen molar-refractivity contribution in [2.75, 3.05) is 51.6 Å². The number of rotatable bonds is 11. The van der Waals surface area contributed by atoms with E-state index in [4.69, 9.17) is 33.9 Å². The Kier molecular flexibility index (Phi) is 12.4. The van der Waals surface area contributed by atoms with Crippen LogP contribution in [0.4, 0.5) is 19.4 Å². The number of nitrogens with zero attached hydrogens (tertiary/aromatic N) is 6. The molecule has 338 valence electrons. The lowest BCUT2D eigenvalue weighted by Crippen LogP contribution is -2.57. The molecule has 63 heavy (non-hydrogen) atoms. The summed E-state index contributed by atoms with van der Waals surface area (Å²) in [5, 5.41) is 1.48. The first-order chi connectivity index (χ1) is 30.0. The van der Waals surface area contributed by atoms with Gasteiger partial charge in [-0.25, -0.2) is 13.6 Å². The van der Waals surface area contributed by atoms with Crippen LogP contribution >= 0.6 is 0 Å². The number of aromatic nitrogens is 3. The molecule has 14 heteroatoms. The van der Waals surface area contributed by atoms with Crippen LogP contribution in [0.2, 0.25) is 16.6 Å². The summed E-state index contributed by atoms with van der Waals surface area (Å²) in [6, 6.07) is 6.41. The second-order valence-corrected chi connectivity index (χ2v) is 25.7. The second kappa shape index (κ2) is 17.4. The van der Waals surface area contributed by atoms with Gasteiger partial charge in [0.1, 0.15) is 48.9 Å². The molecule has 4 aliphatic heterocycles. The summed E-state index contributed by atoms with van der Waals surface area (Å²) in [4.78, 5) is 34.6. The molecule has 2 unspecified atom stereocenters. The van der Waals surface area contributed by atoms with Gasteiger partial charge >= 0.3 is 12.1 Å². The van der Waals surface area contributed by atoms with Gasteiger partial charge < -0.3 is 23.8 Å². The molecule has 0 spiro atoms. The Morgan fingerprint density at radius 1 is 0.952 bits per heavy atom. The van der Waals surface area contributed by atoms with Crippen LogP contribution in [0.15, 0.2) is 30.5 Å². The van der Waals surface area contributed by atoms with Crippen LogP contribution in [0.5, 0.6) is 11.8 Å². The first-order valence-corrected chi connectivity index (χ1v) is 25.1. The van der Waals surface area contributed by atoms with E-state index < -0.39 is 25.3 Å². The largest absolute Gasteiger partial charge is 0.468 e. The molecule has 8 rings (SSSR count). The normalized spacial score (nSPS) is 20.0. The van der Waals surface area contributed by atoms with Gasteiger partial charge in [-0.15, -0.1) is 5.54 Å². The minimum atomic E-state index is -2.30. The average molecular weight is 883 g/mol. The molecule has 11 nitrogen and oxygen atoms in total. The number of halogens is 2. The van der Waals surface area contributed by atoms with Crippen LogP contribution < -0.4 is 14.4 Å². The zero-order valence-electron chi connectivity index (χ0n) is 38.7. The van der Waals surface area contributed by atoms with E-state index in [1.807, 2.05) is 25.7 Å². The number of piperazine rings is 1. The van der Waals surface area contributed by atoms with Crippen LogP contribution in [0.3, 0.4) is 0 Å². The molecule has 2 atom stereocenters. The van der Waals surface area contributed by atoms with Gasteiger partial charge in [0.2, 0.25) is 0 Å². The minimum Gasteiger partial charge on any atom is -0.468 e. The fourth-order valence-corrected chi connectivity index (χ4v) is 16.6. The van der Waals surface area contributed by atoms with E-state index in [1.165, 1.54) is 13.2 Å². The summed E-state index contributed by atoms with van der Waals surface area (Å²) in [6.07, 6.45) is 7.17. The number of methoxy groups -OCH3 is 1. The molecule has 2 aromatic heterocycles. The molecule has 2 aromatic carbocycles. The fourth-order valence-electron chi connectivity index (χ4n) is 11.4. The molecule has 0 N–H and O–H groups in total. The van der Waals surface area contributed by atoms with Gasteiger partial charge in [0, 0.05) is 37.3 Å². The van der Waals surface area contributed by atoms with Gasteiger partial charge in [-0.3, -0.25) is 14.8 Å². The monoisotopic (exact) mass is 882 g/mol. The van der Waals surface area contributed by atoms with Crippen LogP contribution in [0.1, 0.15) is 106 Å². The van der Waals surface area contributed by atoms with E-state index >= 15 is 8.78 Å². The lowest BCUT2D eigenvalue weighted by atomic mass is 9.95. The van der Waals surface area contributed by atoms with Crippen molar-refractivity contribution in [3.05, 3.63) is 47.7 Å². The molecule has 4 aromatic rings. The van der Waals surface area contributed by atoms with Crippen molar-refractivity contribution in [1.29, 1.82) is 0 Å². The molecule has 0 aliphatic carbocycles. The number of fused-ring (bicyclic) bond motifs is 5. The van der Waals surface area contributed by atoms with Crippen molar-refractivity contribution in [3.8, 4) is 34.5 Å². The molecular formula is C49H64F2N6O5Si. The maximum Gasteiger partial charge on any atom is 0.410 e. The standard InChI is InChI=1S/C49H64F2N6O5Si/c1-30(2)63(31(3)4,32(5)6)22-17-37-40(50)16-13-33-23-36(61-29-59-10)24-38(41(33)37)43-42(51)44-39(25-52-43)45(54-46(53-44)60-28-49-18-11-20-56(49)21-12-19-49)55-26-34-14-15-35(27-55)57(34)47(58)62-48(7,8)9/h13,16,23-25,30-32,34-35H,11-12,14-15,18-21,26-29H2,1-10H3. The summed E-state index contributed by atoms with van der Waals surface area (Å²) >= 11 is 0. The van der Waals surface area contributed by atoms with Crippen LogP contribution in [0.25, 0.3) is 32.9 Å². The molecule has 4 saturated heterocycles. The van der Waals surface area contributed by atoms with E-state index in [-0.39, 0.29) is 53.3 Å². The third kappa shape index (κ3) is 8.34. The average Bonchev–Trinajstić information content (AvgIpc) is 3.89. The second-order valence-electron chi connectivity index (χ2n) is 20.1. The number of ether oxygens (including phenoxy) is 4. The maximum atomic E-state index is 17.9. The first kappa shape index (κ1) is 45.0. The summed E-state index contributed by atoms with van der Waals surface area (Å²) < 4.78 is 57.8. The third-order valence-electron chi connectivity index (χ3n) is 14.2. The van der Waals surface area contributed by atoms with Gasteiger partial charge in [-0.1, -0.05) is 53.5 Å². The Hall–Kier alpha value is -4.58. The topological polar surface area (TPSA) is 102 Å². The maximum absolute atomic E-state index is 17.9. The van der Waals surface area contributed by atoms with E-state index in [0.717, 1.165) is 51.6 Å². The highest BCUT2D eigenvalue weighted by molar-refractivity contribution is 6.90. The molecule has 6 heterocycles. The molecular weight excluding hydrogens is 819 g/mol. The van der Waals surface area contributed by atoms with Gasteiger partial charge in [-0.2, -0.15) is 9.97 Å². The highest BCUT2D eigenvalue weighted by Crippen LogP contribution is 2.44. The highest BCUT2D eigenvalue weighted by atomic mass is 28.3. The molecule has 1 amide bonds. The van der Waals surface area contributed by atoms with Crippen LogP contribution in [-0.2, 0) is 9.47 Å². The number of carbonyl (C=O) groups is 1. The van der Waals surface area contributed by atoms with Crippen molar-refractivity contribution in [2.24, 2.45) is 0 Å². The number of anilines is 1. The molecule has 0 saturated carbocycles. The van der Waals surface area contributed by atoms with Crippen molar-refractivity contribution < 1.29 is 32.5 Å². The number of hydrogen-bond donors (Lipinski definition) is 0. The van der Waals surface area contributed by atoms with Crippen molar-refractivity contribution in [2.45, 2.75) is 141 Å². The summed E-state index contributed by atoms with van der Waals surface area (Å²) in [5.41, 5.74) is 4.48. The molecule has 4 fully saturated rings. The van der Waals surface area contributed by atoms with E-state index in [2.05, 4.69) is 62.8 Å². The zero-order chi connectivity index (χ0) is 45.0. The summed E-state index contributed by atoms with van der Waals surface area (Å²) in [6.45, 7) is 22.3. The quantitative estimate of drug-likeness (QED) is 0.0822. The molecule has 4 aliphatic rings. The summed E-state index contributed by atoms with van der Waals surface area (Å²) in [5.74, 6) is 3.08.